The van der Waals surface area contributed by atoms with Crippen LogP contribution in [0.25, 0.3) is 0 Å². The van der Waals surface area contributed by atoms with Gasteiger partial charge in [-0.25, -0.2) is 0 Å². The smallest absolute Gasteiger partial charge is 0.0272 e. The number of fused-ring (bicyclic) bond motifs is 4. The lowest BCUT2D eigenvalue weighted by Gasteiger charge is -2.17. The Kier molecular flexibility index (Phi) is 4.42. The van der Waals surface area contributed by atoms with E-state index in [4.69, 9.17) is 0 Å². The maximum atomic E-state index is 2.38. The molecule has 0 fully saturated rings. The van der Waals surface area contributed by atoms with Crippen LogP contribution in [0.3, 0.4) is 0 Å². The first-order chi connectivity index (χ1) is 9.72. The molecule has 0 nitrogen and oxygen atoms in total. The van der Waals surface area contributed by atoms with E-state index in [1.54, 1.807) is 0 Å². The van der Waals surface area contributed by atoms with Crippen LogP contribution in [-0.2, 0) is 11.5 Å². The molecule has 0 aliphatic carbocycles. The van der Waals surface area contributed by atoms with Crippen LogP contribution < -0.4 is 0 Å². The second kappa shape index (κ2) is 6.28. The summed E-state index contributed by atoms with van der Waals surface area (Å²) in [6.45, 7) is 4.63. The zero-order valence-electron chi connectivity index (χ0n) is 12.0. The highest BCUT2D eigenvalue weighted by Gasteiger charge is 2.12. The molecule has 2 aromatic rings. The summed E-state index contributed by atoms with van der Waals surface area (Å²) in [5.41, 5.74) is 5.81. The zero-order chi connectivity index (χ0) is 13.9. The van der Waals surface area contributed by atoms with E-state index in [1.165, 1.54) is 22.3 Å². The van der Waals surface area contributed by atoms with Gasteiger partial charge in [0, 0.05) is 22.0 Å². The lowest BCUT2D eigenvalue weighted by molar-refractivity contribution is 1.06. The minimum Gasteiger partial charge on any atom is -0.149 e. The van der Waals surface area contributed by atoms with Gasteiger partial charge in [0.2, 0.25) is 0 Å². The molecule has 1 heterocycles. The Morgan fingerprint density at radius 2 is 1.20 bits per heavy atom. The molecule has 2 heteroatoms. The Labute approximate surface area is 130 Å². The van der Waals surface area contributed by atoms with Crippen molar-refractivity contribution in [3.63, 3.8) is 0 Å². The number of hydrogen-bond acceptors (Lipinski definition) is 2. The molecule has 0 radical (unpaired) electrons. The zero-order valence-corrected chi connectivity index (χ0v) is 13.6. The highest BCUT2D eigenvalue weighted by Crippen LogP contribution is 2.36. The van der Waals surface area contributed by atoms with Gasteiger partial charge in [0.15, 0.2) is 0 Å². The normalized spacial score (nSPS) is 22.7. The summed E-state index contributed by atoms with van der Waals surface area (Å²) in [5, 5.41) is 1.11. The van der Waals surface area contributed by atoms with E-state index in [1.807, 2.05) is 23.5 Å². The summed E-state index contributed by atoms with van der Waals surface area (Å²) in [5.74, 6) is 2.19. The van der Waals surface area contributed by atoms with E-state index < -0.39 is 0 Å². The van der Waals surface area contributed by atoms with E-state index in [9.17, 15) is 0 Å². The first-order valence-electron chi connectivity index (χ1n) is 7.13. The van der Waals surface area contributed by atoms with Gasteiger partial charge in [0.25, 0.3) is 0 Å². The van der Waals surface area contributed by atoms with E-state index in [0.717, 1.165) is 11.5 Å². The minimum atomic E-state index is 0.556. The predicted octanol–water partition coefficient (Wildman–Crippen LogP) is 5.99. The van der Waals surface area contributed by atoms with Gasteiger partial charge in [-0.15, -0.1) is 23.5 Å². The van der Waals surface area contributed by atoms with Crippen molar-refractivity contribution in [1.29, 1.82) is 0 Å². The maximum Gasteiger partial charge on any atom is 0.0272 e. The van der Waals surface area contributed by atoms with Gasteiger partial charge in [0.1, 0.15) is 0 Å². The largest absolute Gasteiger partial charge is 0.149 e. The highest BCUT2D eigenvalue weighted by molar-refractivity contribution is 7.99. The van der Waals surface area contributed by atoms with Crippen LogP contribution in [0.2, 0.25) is 0 Å². The molecule has 1 aliphatic heterocycles. The topological polar surface area (TPSA) is 0 Å². The van der Waals surface area contributed by atoms with E-state index in [2.05, 4.69) is 62.4 Å². The SMILES string of the molecule is C[C@@H]1SCc2cccc(c2)[C@@H](C)SCc2cccc1c2. The molecule has 2 aromatic carbocycles. The monoisotopic (exact) mass is 300 g/mol. The van der Waals surface area contributed by atoms with Crippen LogP contribution >= 0.6 is 23.5 Å². The highest BCUT2D eigenvalue weighted by atomic mass is 32.2. The molecule has 104 valence electrons. The van der Waals surface area contributed by atoms with Crippen LogP contribution in [0.4, 0.5) is 0 Å². The Morgan fingerprint density at radius 3 is 1.65 bits per heavy atom. The van der Waals surface area contributed by atoms with Crippen molar-refractivity contribution >= 4 is 23.5 Å². The third-order valence-electron chi connectivity index (χ3n) is 3.84. The van der Waals surface area contributed by atoms with Gasteiger partial charge < -0.3 is 0 Å². The molecule has 0 unspecified atom stereocenters. The third-order valence-corrected chi connectivity index (χ3v) is 6.39. The summed E-state index contributed by atoms with van der Waals surface area (Å²) >= 11 is 4.06. The van der Waals surface area contributed by atoms with Crippen molar-refractivity contribution in [2.45, 2.75) is 35.9 Å². The summed E-state index contributed by atoms with van der Waals surface area (Å²) in [6.07, 6.45) is 0. The third kappa shape index (κ3) is 3.24. The van der Waals surface area contributed by atoms with Crippen LogP contribution in [0, 0.1) is 0 Å². The molecule has 0 saturated heterocycles. The summed E-state index contributed by atoms with van der Waals surface area (Å²) < 4.78 is 0. The van der Waals surface area contributed by atoms with Crippen LogP contribution in [0.15, 0.2) is 48.5 Å². The van der Waals surface area contributed by atoms with Crippen LogP contribution in [0.5, 0.6) is 0 Å². The second-order valence-corrected chi connectivity index (χ2v) is 8.05. The maximum absolute atomic E-state index is 2.38. The molecule has 0 spiro atoms. The molecule has 4 bridgehead atoms. The van der Waals surface area contributed by atoms with E-state index in [-0.39, 0.29) is 0 Å². The first-order valence-corrected chi connectivity index (χ1v) is 9.23. The summed E-state index contributed by atoms with van der Waals surface area (Å²) in [6, 6.07) is 18.2. The summed E-state index contributed by atoms with van der Waals surface area (Å²) in [7, 11) is 0. The van der Waals surface area contributed by atoms with Gasteiger partial charge in [-0.2, -0.15) is 0 Å². The average molecular weight is 300 g/mol. The Balaban J connectivity index is 1.93. The molecular weight excluding hydrogens is 280 g/mol. The first kappa shape index (κ1) is 14.1. The summed E-state index contributed by atoms with van der Waals surface area (Å²) in [4.78, 5) is 0. The van der Waals surface area contributed by atoms with Gasteiger partial charge in [0.05, 0.1) is 0 Å². The fourth-order valence-corrected chi connectivity index (χ4v) is 4.43. The molecular formula is C18H20S2. The molecule has 3 rings (SSSR count). The van der Waals surface area contributed by atoms with Gasteiger partial charge in [-0.1, -0.05) is 48.5 Å². The van der Waals surface area contributed by atoms with Crippen molar-refractivity contribution in [2.75, 3.05) is 0 Å². The number of benzene rings is 2. The molecule has 0 aromatic heterocycles. The molecule has 1 aliphatic rings. The fourth-order valence-electron chi connectivity index (χ4n) is 2.51. The Bertz CT molecular complexity index is 538. The van der Waals surface area contributed by atoms with Gasteiger partial charge in [-0.05, 0) is 36.1 Å². The second-order valence-electron chi connectivity index (χ2n) is 5.40. The average Bonchev–Trinajstić information content (AvgIpc) is 2.50. The van der Waals surface area contributed by atoms with E-state index in [0.29, 0.717) is 10.5 Å². The number of hydrogen-bond donors (Lipinski definition) is 0. The van der Waals surface area contributed by atoms with Crippen molar-refractivity contribution in [1.82, 2.24) is 0 Å². The van der Waals surface area contributed by atoms with Crippen molar-refractivity contribution in [2.24, 2.45) is 0 Å². The lowest BCUT2D eigenvalue weighted by atomic mass is 10.1. The lowest BCUT2D eigenvalue weighted by Crippen LogP contribution is -1.96. The standard InChI is InChI=1S/C18H20S2/c1-13-17-7-3-5-15(9-17)12-20-14(2)18-8-4-6-16(10-18)11-19-13/h3-10,13-14H,11-12H2,1-2H3/t13-,14+. The molecule has 0 saturated carbocycles. The number of rotatable bonds is 0. The minimum absolute atomic E-state index is 0.556. The Morgan fingerprint density at radius 1 is 0.750 bits per heavy atom. The predicted molar refractivity (Wildman–Crippen MR) is 92.3 cm³/mol. The van der Waals surface area contributed by atoms with Crippen molar-refractivity contribution in [3.05, 3.63) is 70.8 Å². The van der Waals surface area contributed by atoms with E-state index >= 15 is 0 Å². The molecule has 0 N–H and O–H groups in total. The van der Waals surface area contributed by atoms with Crippen molar-refractivity contribution in [3.8, 4) is 0 Å². The number of thioether (sulfide) groups is 2. The Hall–Kier alpha value is -0.860. The fraction of sp³-hybridized carbons (Fsp3) is 0.333. The van der Waals surface area contributed by atoms with Crippen LogP contribution in [0.1, 0.15) is 46.6 Å². The van der Waals surface area contributed by atoms with Crippen molar-refractivity contribution < 1.29 is 0 Å². The molecule has 20 heavy (non-hydrogen) atoms. The van der Waals surface area contributed by atoms with Crippen LogP contribution in [-0.4, -0.2) is 0 Å². The molecule has 0 amide bonds. The van der Waals surface area contributed by atoms with Gasteiger partial charge >= 0.3 is 0 Å². The quantitative estimate of drug-likeness (QED) is 0.586. The van der Waals surface area contributed by atoms with Gasteiger partial charge in [-0.3, -0.25) is 0 Å². The molecule has 2 atom stereocenters.